The molecule has 1 saturated heterocycles. The van der Waals surface area contributed by atoms with Crippen molar-refractivity contribution in [2.75, 3.05) is 13.1 Å². The predicted molar refractivity (Wildman–Crippen MR) is 127 cm³/mol. The van der Waals surface area contributed by atoms with Crippen LogP contribution in [0.15, 0.2) is 48.8 Å². The van der Waals surface area contributed by atoms with Gasteiger partial charge in [0, 0.05) is 37.4 Å². The maximum absolute atomic E-state index is 13.4. The van der Waals surface area contributed by atoms with E-state index in [1.54, 1.807) is 6.20 Å². The third-order valence-electron chi connectivity index (χ3n) is 7.01. The fourth-order valence-corrected chi connectivity index (χ4v) is 5.23. The Labute approximate surface area is 191 Å². The lowest BCUT2D eigenvalue weighted by Crippen LogP contribution is -2.47. The van der Waals surface area contributed by atoms with Gasteiger partial charge in [-0.15, -0.1) is 0 Å². The molecule has 2 heterocycles. The number of carbonyl (C=O) groups excluding carboxylic acids is 2. The van der Waals surface area contributed by atoms with E-state index in [9.17, 15) is 9.59 Å². The van der Waals surface area contributed by atoms with Crippen molar-refractivity contribution >= 4 is 11.8 Å². The van der Waals surface area contributed by atoms with E-state index in [0.29, 0.717) is 25.9 Å². The van der Waals surface area contributed by atoms with Crippen molar-refractivity contribution in [1.29, 1.82) is 0 Å². The molecule has 1 saturated carbocycles. The molecule has 170 valence electrons. The highest BCUT2D eigenvalue weighted by Crippen LogP contribution is 2.37. The third kappa shape index (κ3) is 5.03. The smallest absolute Gasteiger partial charge is 0.228 e. The maximum Gasteiger partial charge on any atom is 0.228 e. The van der Waals surface area contributed by atoms with E-state index in [-0.39, 0.29) is 23.8 Å². The highest BCUT2D eigenvalue weighted by Gasteiger charge is 2.46. The topological polar surface area (TPSA) is 62.3 Å². The zero-order chi connectivity index (χ0) is 22.6. The van der Waals surface area contributed by atoms with Crippen LogP contribution in [-0.4, -0.2) is 40.8 Å². The second-order valence-electron chi connectivity index (χ2n) is 9.87. The standard InChI is InChI=1S/C27H35N3O2/c1-20(2)29-26(32)27(14-16-30(19-27)25(31)23-7-4-3-5-8-23)17-21-10-12-22(13-11-21)24-9-6-15-28-18-24/h6,9-13,15,18,20,23H,3-5,7-8,14,16-17,19H2,1-2H3,(H,29,32)/t27-/m0/s1. The Balaban J connectivity index is 1.52. The van der Waals surface area contributed by atoms with Gasteiger partial charge < -0.3 is 10.2 Å². The van der Waals surface area contributed by atoms with Crippen LogP contribution in [0.25, 0.3) is 11.1 Å². The van der Waals surface area contributed by atoms with Crippen molar-refractivity contribution in [3.8, 4) is 11.1 Å². The number of likely N-dealkylation sites (tertiary alicyclic amines) is 1. The lowest BCUT2D eigenvalue weighted by molar-refractivity contribution is -0.137. The first-order chi connectivity index (χ1) is 15.5. The molecule has 1 aromatic carbocycles. The summed E-state index contributed by atoms with van der Waals surface area (Å²) in [4.78, 5) is 32.7. The van der Waals surface area contributed by atoms with E-state index in [4.69, 9.17) is 0 Å². The van der Waals surface area contributed by atoms with Crippen LogP contribution in [-0.2, 0) is 16.0 Å². The van der Waals surface area contributed by atoms with Crippen LogP contribution in [0.1, 0.15) is 57.9 Å². The van der Waals surface area contributed by atoms with E-state index < -0.39 is 5.41 Å². The summed E-state index contributed by atoms with van der Waals surface area (Å²) >= 11 is 0. The average Bonchev–Trinajstić information content (AvgIpc) is 3.25. The summed E-state index contributed by atoms with van der Waals surface area (Å²) in [6.45, 7) is 5.18. The first-order valence-corrected chi connectivity index (χ1v) is 12.1. The van der Waals surface area contributed by atoms with Crippen molar-refractivity contribution in [1.82, 2.24) is 15.2 Å². The van der Waals surface area contributed by atoms with Gasteiger partial charge in [0.15, 0.2) is 0 Å². The zero-order valence-electron chi connectivity index (χ0n) is 19.3. The van der Waals surface area contributed by atoms with E-state index >= 15 is 0 Å². The number of pyridine rings is 1. The van der Waals surface area contributed by atoms with Gasteiger partial charge in [-0.1, -0.05) is 49.6 Å². The predicted octanol–water partition coefficient (Wildman–Crippen LogP) is 4.61. The number of carbonyl (C=O) groups is 2. The number of nitrogens with zero attached hydrogens (tertiary/aromatic N) is 2. The van der Waals surface area contributed by atoms with Crippen molar-refractivity contribution in [2.24, 2.45) is 11.3 Å². The monoisotopic (exact) mass is 433 g/mol. The number of hydrogen-bond donors (Lipinski definition) is 1. The van der Waals surface area contributed by atoms with Crippen molar-refractivity contribution < 1.29 is 9.59 Å². The average molecular weight is 434 g/mol. The molecule has 1 aliphatic carbocycles. The van der Waals surface area contributed by atoms with Crippen molar-refractivity contribution in [3.05, 3.63) is 54.4 Å². The zero-order valence-corrected chi connectivity index (χ0v) is 19.3. The number of rotatable bonds is 6. The molecule has 5 nitrogen and oxygen atoms in total. The molecule has 1 N–H and O–H groups in total. The SMILES string of the molecule is CC(C)NC(=O)[C@]1(Cc2ccc(-c3cccnc3)cc2)CCN(C(=O)C2CCCCC2)C1. The molecule has 0 unspecified atom stereocenters. The maximum atomic E-state index is 13.4. The van der Waals surface area contributed by atoms with Crippen LogP contribution in [0.5, 0.6) is 0 Å². The minimum atomic E-state index is -0.565. The molecule has 1 atom stereocenters. The van der Waals surface area contributed by atoms with E-state index in [1.165, 1.54) is 6.42 Å². The van der Waals surface area contributed by atoms with Crippen LogP contribution >= 0.6 is 0 Å². The quantitative estimate of drug-likeness (QED) is 0.723. The Bertz CT molecular complexity index is 920. The summed E-state index contributed by atoms with van der Waals surface area (Å²) in [6.07, 6.45) is 10.5. The Kier molecular flexibility index (Phi) is 6.92. The molecule has 1 aromatic heterocycles. The van der Waals surface area contributed by atoms with Gasteiger partial charge in [0.2, 0.25) is 11.8 Å². The third-order valence-corrected chi connectivity index (χ3v) is 7.01. The molecule has 5 heteroatoms. The summed E-state index contributed by atoms with van der Waals surface area (Å²) < 4.78 is 0. The van der Waals surface area contributed by atoms with Crippen LogP contribution in [0, 0.1) is 11.3 Å². The Morgan fingerprint density at radius 1 is 1.09 bits per heavy atom. The number of hydrogen-bond acceptors (Lipinski definition) is 3. The van der Waals surface area contributed by atoms with Crippen LogP contribution in [0.4, 0.5) is 0 Å². The van der Waals surface area contributed by atoms with Gasteiger partial charge >= 0.3 is 0 Å². The Hall–Kier alpha value is -2.69. The van der Waals surface area contributed by atoms with Gasteiger partial charge in [-0.05, 0) is 62.3 Å². The molecule has 0 spiro atoms. The van der Waals surface area contributed by atoms with Crippen LogP contribution in [0.2, 0.25) is 0 Å². The molecule has 2 amide bonds. The van der Waals surface area contributed by atoms with Gasteiger partial charge in [0.25, 0.3) is 0 Å². The first-order valence-electron chi connectivity index (χ1n) is 12.1. The molecular formula is C27H35N3O2. The molecule has 1 aliphatic heterocycles. The highest BCUT2D eigenvalue weighted by molar-refractivity contribution is 5.86. The summed E-state index contributed by atoms with van der Waals surface area (Å²) in [5.74, 6) is 0.477. The highest BCUT2D eigenvalue weighted by atomic mass is 16.2. The van der Waals surface area contributed by atoms with E-state index in [0.717, 1.165) is 42.4 Å². The fourth-order valence-electron chi connectivity index (χ4n) is 5.23. The van der Waals surface area contributed by atoms with Gasteiger partial charge in [0.1, 0.15) is 0 Å². The molecule has 2 aromatic rings. The van der Waals surface area contributed by atoms with Crippen LogP contribution < -0.4 is 5.32 Å². The lowest BCUT2D eigenvalue weighted by atomic mass is 9.79. The van der Waals surface area contributed by atoms with Gasteiger partial charge in [-0.25, -0.2) is 0 Å². The van der Waals surface area contributed by atoms with Gasteiger partial charge in [-0.3, -0.25) is 14.6 Å². The molecule has 2 aliphatic rings. The summed E-state index contributed by atoms with van der Waals surface area (Å²) in [5, 5.41) is 3.14. The number of aromatic nitrogens is 1. The fraction of sp³-hybridized carbons (Fsp3) is 0.519. The molecular weight excluding hydrogens is 398 g/mol. The summed E-state index contributed by atoms with van der Waals surface area (Å²) in [6, 6.07) is 12.5. The molecule has 4 rings (SSSR count). The minimum Gasteiger partial charge on any atom is -0.353 e. The molecule has 32 heavy (non-hydrogen) atoms. The molecule has 0 radical (unpaired) electrons. The number of amides is 2. The molecule has 2 fully saturated rings. The number of nitrogens with one attached hydrogen (secondary N) is 1. The normalized spacial score (nSPS) is 21.7. The summed E-state index contributed by atoms with van der Waals surface area (Å²) in [5.41, 5.74) is 2.76. The van der Waals surface area contributed by atoms with E-state index in [2.05, 4.69) is 34.6 Å². The van der Waals surface area contributed by atoms with Gasteiger partial charge in [-0.2, -0.15) is 0 Å². The Morgan fingerprint density at radius 2 is 1.84 bits per heavy atom. The second kappa shape index (κ2) is 9.85. The van der Waals surface area contributed by atoms with Gasteiger partial charge in [0.05, 0.1) is 5.41 Å². The minimum absolute atomic E-state index is 0.0720. The lowest BCUT2D eigenvalue weighted by Gasteiger charge is -2.31. The molecule has 0 bridgehead atoms. The Morgan fingerprint density at radius 3 is 2.50 bits per heavy atom. The summed E-state index contributed by atoms with van der Waals surface area (Å²) in [7, 11) is 0. The second-order valence-corrected chi connectivity index (χ2v) is 9.87. The van der Waals surface area contributed by atoms with Crippen LogP contribution in [0.3, 0.4) is 0 Å². The van der Waals surface area contributed by atoms with Crippen molar-refractivity contribution in [3.63, 3.8) is 0 Å². The number of benzene rings is 1. The van der Waals surface area contributed by atoms with Crippen molar-refractivity contribution in [2.45, 2.75) is 64.8 Å². The van der Waals surface area contributed by atoms with E-state index in [1.807, 2.05) is 37.1 Å². The first kappa shape index (κ1) is 22.5. The largest absolute Gasteiger partial charge is 0.353 e.